The minimum atomic E-state index is -1.69. The number of methoxy groups -OCH3 is 1. The van der Waals surface area contributed by atoms with E-state index < -0.39 is 81.1 Å². The highest BCUT2D eigenvalue weighted by molar-refractivity contribution is 5.87. The van der Waals surface area contributed by atoms with Gasteiger partial charge in [0.1, 0.15) is 18.3 Å². The van der Waals surface area contributed by atoms with Gasteiger partial charge in [0.05, 0.1) is 31.3 Å². The quantitative estimate of drug-likeness (QED) is 0.160. The van der Waals surface area contributed by atoms with Crippen LogP contribution in [0.1, 0.15) is 87.0 Å². The summed E-state index contributed by atoms with van der Waals surface area (Å²) < 4.78 is 36.2. The monoisotopic (exact) mass is 750 g/mol. The first-order valence-electron chi connectivity index (χ1n) is 19.4. The number of allylic oxidation sites excluding steroid dienone is 1. The zero-order chi connectivity index (χ0) is 39.5. The molecule has 13 atom stereocenters. The number of carbonyl (C=O) groups excluding carboxylic acids is 4. The van der Waals surface area contributed by atoms with Crippen LogP contribution in [0.5, 0.6) is 0 Å². The van der Waals surface area contributed by atoms with Crippen LogP contribution in [0.4, 0.5) is 0 Å². The molecule has 0 spiro atoms. The predicted octanol–water partition coefficient (Wildman–Crippen LogP) is 5.92. The molecule has 1 saturated heterocycles. The van der Waals surface area contributed by atoms with Crippen molar-refractivity contribution in [1.82, 2.24) is 0 Å². The third-order valence-corrected chi connectivity index (χ3v) is 14.7. The Morgan fingerprint density at radius 3 is 2.11 bits per heavy atom. The van der Waals surface area contributed by atoms with Crippen LogP contribution >= 0.6 is 0 Å². The molecule has 0 bridgehead atoms. The van der Waals surface area contributed by atoms with Crippen LogP contribution in [0.3, 0.4) is 0 Å². The van der Waals surface area contributed by atoms with Crippen molar-refractivity contribution in [2.75, 3.05) is 20.3 Å². The van der Waals surface area contributed by atoms with Crippen molar-refractivity contribution in [2.24, 2.45) is 39.4 Å². The van der Waals surface area contributed by atoms with E-state index in [0.29, 0.717) is 44.5 Å². The largest absolute Gasteiger partial charge is 0.467 e. The summed E-state index contributed by atoms with van der Waals surface area (Å²) in [6.45, 7) is 17.5. The van der Waals surface area contributed by atoms with Gasteiger partial charge in [0.2, 0.25) is 5.60 Å². The number of benzene rings is 1. The topological polar surface area (TPSA) is 147 Å². The second kappa shape index (κ2) is 14.2. The molecule has 2 aliphatic heterocycles. The first-order chi connectivity index (χ1) is 25.5. The van der Waals surface area contributed by atoms with Gasteiger partial charge in [-0.15, -0.1) is 0 Å². The zero-order valence-corrected chi connectivity index (χ0v) is 33.1. The molecule has 1 N–H and O–H groups in total. The summed E-state index contributed by atoms with van der Waals surface area (Å²) in [4.78, 5) is 52.4. The number of rotatable bonds is 6. The lowest BCUT2D eigenvalue weighted by molar-refractivity contribution is -0.336. The van der Waals surface area contributed by atoms with E-state index in [1.165, 1.54) is 21.0 Å². The van der Waals surface area contributed by atoms with Crippen molar-refractivity contribution in [3.8, 4) is 0 Å². The Balaban J connectivity index is 0.000000755. The molecule has 6 aliphatic rings. The van der Waals surface area contributed by atoms with E-state index in [4.69, 9.17) is 28.4 Å². The number of fused-ring (bicyclic) bond motifs is 9. The molecule has 1 aromatic carbocycles. The average molecular weight is 751 g/mol. The first kappa shape index (κ1) is 40.1. The Kier molecular flexibility index (Phi) is 10.5. The molecule has 11 heteroatoms. The number of epoxide rings is 1. The summed E-state index contributed by atoms with van der Waals surface area (Å²) in [5, 5.41) is 13.4. The van der Waals surface area contributed by atoms with Crippen LogP contribution in [0.2, 0.25) is 0 Å². The van der Waals surface area contributed by atoms with Gasteiger partial charge in [-0.2, -0.15) is 0 Å². The van der Waals surface area contributed by atoms with Crippen LogP contribution in [0.25, 0.3) is 0 Å². The number of hydrogen-bond acceptors (Lipinski definition) is 11. The Hall–Kier alpha value is -3.54. The van der Waals surface area contributed by atoms with Gasteiger partial charge < -0.3 is 33.5 Å². The summed E-state index contributed by atoms with van der Waals surface area (Å²) in [6, 6.07) is 12.0. The van der Waals surface area contributed by atoms with Crippen molar-refractivity contribution >= 4 is 23.9 Å². The van der Waals surface area contributed by atoms with Crippen LogP contribution in [-0.2, 0) is 47.6 Å². The summed E-state index contributed by atoms with van der Waals surface area (Å²) in [5.74, 6) is -2.92. The number of aliphatic hydroxyl groups is 1. The molecule has 4 aliphatic carbocycles. The Morgan fingerprint density at radius 2 is 1.54 bits per heavy atom. The number of esters is 4. The Labute approximate surface area is 319 Å². The predicted molar refractivity (Wildman–Crippen MR) is 197 cm³/mol. The summed E-state index contributed by atoms with van der Waals surface area (Å²) in [7, 11) is 1.26. The van der Waals surface area contributed by atoms with Crippen LogP contribution in [0.15, 0.2) is 60.7 Å². The van der Waals surface area contributed by atoms with Gasteiger partial charge in [-0.1, -0.05) is 75.9 Å². The molecular formula is C43H58O11. The number of hydrogen-bond donors (Lipinski definition) is 1. The Morgan fingerprint density at radius 1 is 0.944 bits per heavy atom. The van der Waals surface area contributed by atoms with Crippen molar-refractivity contribution in [3.63, 3.8) is 0 Å². The Bertz CT molecular complexity index is 1650. The number of carbonyl (C=O) groups is 4. The fourth-order valence-corrected chi connectivity index (χ4v) is 12.4. The molecule has 54 heavy (non-hydrogen) atoms. The molecule has 0 radical (unpaired) electrons. The first-order valence-corrected chi connectivity index (χ1v) is 19.4. The molecule has 0 aromatic heterocycles. The highest BCUT2D eigenvalue weighted by Gasteiger charge is 2.90. The van der Waals surface area contributed by atoms with Gasteiger partial charge in [-0.3, -0.25) is 14.4 Å². The van der Waals surface area contributed by atoms with Crippen LogP contribution in [-0.4, -0.2) is 84.9 Å². The summed E-state index contributed by atoms with van der Waals surface area (Å²) in [5.41, 5.74) is -6.21. The average Bonchev–Trinajstić information content (AvgIpc) is 3.94. The smallest absolute Gasteiger partial charge is 0.342 e. The van der Waals surface area contributed by atoms with Gasteiger partial charge in [0.15, 0.2) is 6.10 Å². The van der Waals surface area contributed by atoms with E-state index in [1.54, 1.807) is 13.8 Å². The lowest BCUT2D eigenvalue weighted by Crippen LogP contribution is -2.82. The van der Waals surface area contributed by atoms with Crippen molar-refractivity contribution in [2.45, 2.75) is 123 Å². The second-order valence-electron chi connectivity index (χ2n) is 17.1. The van der Waals surface area contributed by atoms with Crippen molar-refractivity contribution < 1.29 is 52.7 Å². The summed E-state index contributed by atoms with van der Waals surface area (Å²) in [6.07, 6.45) is 3.66. The minimum absolute atomic E-state index is 0.0873. The molecule has 296 valence electrons. The van der Waals surface area contributed by atoms with E-state index >= 15 is 0 Å². The molecule has 3 unspecified atom stereocenters. The van der Waals surface area contributed by atoms with Gasteiger partial charge in [0, 0.05) is 37.5 Å². The number of ether oxygens (including phenoxy) is 6. The molecule has 11 nitrogen and oxygen atoms in total. The third kappa shape index (κ3) is 5.61. The molecule has 2 heterocycles. The van der Waals surface area contributed by atoms with Gasteiger partial charge in [-0.05, 0) is 68.3 Å². The van der Waals surface area contributed by atoms with Crippen LogP contribution < -0.4 is 0 Å². The van der Waals surface area contributed by atoms with E-state index in [9.17, 15) is 24.3 Å². The highest BCUT2D eigenvalue weighted by Crippen LogP contribution is 2.78. The fraction of sp³-hybridized carbons (Fsp3) is 0.674. The maximum atomic E-state index is 13.7. The molecule has 0 amide bonds. The molecular weight excluding hydrogens is 692 g/mol. The fourth-order valence-electron chi connectivity index (χ4n) is 12.4. The van der Waals surface area contributed by atoms with Crippen LogP contribution in [0, 0.1) is 39.4 Å². The van der Waals surface area contributed by atoms with E-state index in [2.05, 4.69) is 26.5 Å². The lowest BCUT2D eigenvalue weighted by atomic mass is 9.32. The lowest BCUT2D eigenvalue weighted by Gasteiger charge is -2.73. The highest BCUT2D eigenvalue weighted by atomic mass is 16.7. The van der Waals surface area contributed by atoms with E-state index in [-0.39, 0.29) is 30.6 Å². The molecule has 1 aromatic rings. The SMILES string of the molecule is C=C1C[C@@]2(O)C3CC[C@]4(C)C(CC[C@@]5(C(C)OC(=O)CC)COCC=C[C@H]54)[C@@]3(C)[C@H](OC(C)=O)[C@H](OC(C)=O)[C@@]2(C)[C@]2(C(=O)OC)O[C@H]12.c1ccccc1. The third-order valence-electron chi connectivity index (χ3n) is 14.7. The maximum absolute atomic E-state index is 13.7. The van der Waals surface area contributed by atoms with Crippen molar-refractivity contribution in [3.05, 3.63) is 60.7 Å². The standard InChI is InChI=1S/C37H52O11.C6H6/c1-10-27(40)45-21(3)35-16-14-24-32(6,25(35)12-11-17-44-19-35)15-13-26-33(24,7)29(46-22(4)38)30(47-23(5)39)34(8)36(26,42)18-20(2)28-37(34,48-28)31(41)43-9;1-2-4-6-5-3-1/h11-12,21,24-26,28-30,42H,2,10,13-19H2,1,3-9H3;1-6H/t21?,24?,25-,26?,28+,29+,30-,32+,33+,34+,35-,36+,37-;/m0./s1. The molecule has 5 fully saturated rings. The van der Waals surface area contributed by atoms with Gasteiger partial charge >= 0.3 is 23.9 Å². The van der Waals surface area contributed by atoms with E-state index in [0.717, 1.165) is 0 Å². The van der Waals surface area contributed by atoms with E-state index in [1.807, 2.05) is 49.4 Å². The normalized spacial score (nSPS) is 43.3. The molecule has 7 rings (SSSR count). The maximum Gasteiger partial charge on any atom is 0.342 e. The molecule has 4 saturated carbocycles. The minimum Gasteiger partial charge on any atom is -0.467 e. The van der Waals surface area contributed by atoms with Crippen molar-refractivity contribution in [1.29, 1.82) is 0 Å². The van der Waals surface area contributed by atoms with Gasteiger partial charge in [0.25, 0.3) is 0 Å². The second-order valence-corrected chi connectivity index (χ2v) is 17.1. The zero-order valence-electron chi connectivity index (χ0n) is 33.1. The summed E-state index contributed by atoms with van der Waals surface area (Å²) >= 11 is 0. The van der Waals surface area contributed by atoms with Gasteiger partial charge in [-0.25, -0.2) is 4.79 Å².